The van der Waals surface area contributed by atoms with E-state index in [4.69, 9.17) is 0 Å². The first-order valence-electron chi connectivity index (χ1n) is 4.27. The number of quaternary nitrogens is 1. The molecule has 0 bridgehead atoms. The Bertz CT molecular complexity index is 65.0. The van der Waals surface area contributed by atoms with Crippen LogP contribution in [0, 0.1) is 0 Å². The molecule has 0 amide bonds. The van der Waals surface area contributed by atoms with Gasteiger partial charge in [0.25, 0.3) is 0 Å². The molecule has 1 saturated heterocycles. The molecule has 1 fully saturated rings. The molecular weight excluding hydrogens is 110 g/mol. The Morgan fingerprint density at radius 1 is 1.56 bits per heavy atom. The molecule has 0 aromatic rings. The molecule has 1 nitrogen and oxygen atoms in total. The van der Waals surface area contributed by atoms with E-state index in [0.717, 1.165) is 6.04 Å². The van der Waals surface area contributed by atoms with Crippen LogP contribution in [0.4, 0.5) is 0 Å². The van der Waals surface area contributed by atoms with Gasteiger partial charge in [-0.15, -0.1) is 0 Å². The molecule has 0 unspecified atom stereocenters. The van der Waals surface area contributed by atoms with Gasteiger partial charge in [0.15, 0.2) is 0 Å². The molecule has 0 aliphatic carbocycles. The van der Waals surface area contributed by atoms with Crippen LogP contribution < -0.4 is 5.32 Å². The van der Waals surface area contributed by atoms with Gasteiger partial charge in [-0.1, -0.05) is 13.3 Å². The highest BCUT2D eigenvalue weighted by atomic mass is 14.9. The third-order valence-corrected chi connectivity index (χ3v) is 2.21. The predicted octanol–water partition coefficient (Wildman–Crippen LogP) is 0.902. The van der Waals surface area contributed by atoms with Gasteiger partial charge < -0.3 is 5.32 Å². The molecule has 54 valence electrons. The minimum absolute atomic E-state index is 0.991. The van der Waals surface area contributed by atoms with Gasteiger partial charge in [0, 0.05) is 12.8 Å². The van der Waals surface area contributed by atoms with Crippen molar-refractivity contribution in [2.45, 2.75) is 45.1 Å². The van der Waals surface area contributed by atoms with Crippen LogP contribution in [0.1, 0.15) is 39.0 Å². The first-order chi connectivity index (χ1) is 4.43. The van der Waals surface area contributed by atoms with Gasteiger partial charge >= 0.3 is 0 Å². The van der Waals surface area contributed by atoms with E-state index in [9.17, 15) is 0 Å². The Balaban J connectivity index is 1.98. The summed E-state index contributed by atoms with van der Waals surface area (Å²) in [6.07, 6.45) is 7.18. The van der Waals surface area contributed by atoms with E-state index in [0.29, 0.717) is 0 Å². The van der Waals surface area contributed by atoms with E-state index < -0.39 is 0 Å². The highest BCUT2D eigenvalue weighted by Crippen LogP contribution is 2.05. The molecule has 0 aromatic heterocycles. The van der Waals surface area contributed by atoms with Gasteiger partial charge in [-0.05, 0) is 12.8 Å². The summed E-state index contributed by atoms with van der Waals surface area (Å²) in [4.78, 5) is 0. The number of unbranched alkanes of at least 4 members (excludes halogenated alkanes) is 1. The van der Waals surface area contributed by atoms with Crippen LogP contribution in [-0.2, 0) is 0 Å². The van der Waals surface area contributed by atoms with E-state index in [-0.39, 0.29) is 0 Å². The standard InChI is InChI=1S/C8H17N/c1-2-3-5-8-6-4-7-9-8/h8-9H,2-7H2,1H3/p+1/t8-/m1/s1. The summed E-state index contributed by atoms with van der Waals surface area (Å²) < 4.78 is 0. The smallest absolute Gasteiger partial charge is 0.0861 e. The average molecular weight is 128 g/mol. The lowest BCUT2D eigenvalue weighted by molar-refractivity contribution is -0.670. The second kappa shape index (κ2) is 3.89. The molecule has 0 spiro atoms. The summed E-state index contributed by atoms with van der Waals surface area (Å²) >= 11 is 0. The molecule has 2 N–H and O–H groups in total. The van der Waals surface area contributed by atoms with E-state index in [1.54, 1.807) is 0 Å². The van der Waals surface area contributed by atoms with E-state index in [1.165, 1.54) is 38.6 Å². The van der Waals surface area contributed by atoms with Gasteiger partial charge in [-0.2, -0.15) is 0 Å². The highest BCUT2D eigenvalue weighted by molar-refractivity contribution is 4.58. The maximum absolute atomic E-state index is 2.51. The number of nitrogens with two attached hydrogens (primary N) is 1. The van der Waals surface area contributed by atoms with Gasteiger partial charge in [0.2, 0.25) is 0 Å². The van der Waals surface area contributed by atoms with Crippen LogP contribution in [0.15, 0.2) is 0 Å². The van der Waals surface area contributed by atoms with Gasteiger partial charge in [-0.25, -0.2) is 0 Å². The van der Waals surface area contributed by atoms with Crippen molar-refractivity contribution < 1.29 is 5.32 Å². The third-order valence-electron chi connectivity index (χ3n) is 2.21. The van der Waals surface area contributed by atoms with Crippen LogP contribution in [0.2, 0.25) is 0 Å². The Kier molecular flexibility index (Phi) is 3.05. The lowest BCUT2D eigenvalue weighted by Crippen LogP contribution is -2.86. The first-order valence-corrected chi connectivity index (χ1v) is 4.27. The molecule has 1 heteroatoms. The van der Waals surface area contributed by atoms with Crippen molar-refractivity contribution >= 4 is 0 Å². The number of hydrogen-bond donors (Lipinski definition) is 1. The molecule has 0 aromatic carbocycles. The van der Waals surface area contributed by atoms with Crippen molar-refractivity contribution in [2.75, 3.05) is 6.54 Å². The summed E-state index contributed by atoms with van der Waals surface area (Å²) in [5.41, 5.74) is 0. The van der Waals surface area contributed by atoms with Crippen LogP contribution in [-0.4, -0.2) is 12.6 Å². The minimum Gasteiger partial charge on any atom is -0.344 e. The van der Waals surface area contributed by atoms with E-state index in [1.807, 2.05) is 0 Å². The van der Waals surface area contributed by atoms with Crippen molar-refractivity contribution in [1.29, 1.82) is 0 Å². The fourth-order valence-electron chi connectivity index (χ4n) is 1.58. The Labute approximate surface area is 57.8 Å². The van der Waals surface area contributed by atoms with Gasteiger partial charge in [-0.3, -0.25) is 0 Å². The van der Waals surface area contributed by atoms with Gasteiger partial charge in [0.05, 0.1) is 12.6 Å². The zero-order chi connectivity index (χ0) is 6.53. The van der Waals surface area contributed by atoms with Crippen molar-refractivity contribution in [3.05, 3.63) is 0 Å². The fourth-order valence-corrected chi connectivity index (χ4v) is 1.58. The largest absolute Gasteiger partial charge is 0.344 e. The second-order valence-electron chi connectivity index (χ2n) is 3.07. The Morgan fingerprint density at radius 2 is 2.44 bits per heavy atom. The number of rotatable bonds is 3. The third kappa shape index (κ3) is 2.35. The van der Waals surface area contributed by atoms with Crippen LogP contribution in [0.25, 0.3) is 0 Å². The maximum atomic E-state index is 2.51. The molecule has 1 aliphatic heterocycles. The van der Waals surface area contributed by atoms with Crippen molar-refractivity contribution in [3.63, 3.8) is 0 Å². The Morgan fingerprint density at radius 3 is 3.00 bits per heavy atom. The average Bonchev–Trinajstić information content (AvgIpc) is 2.34. The zero-order valence-electron chi connectivity index (χ0n) is 6.40. The Hall–Kier alpha value is -0.0400. The highest BCUT2D eigenvalue weighted by Gasteiger charge is 2.16. The van der Waals surface area contributed by atoms with Gasteiger partial charge in [0.1, 0.15) is 0 Å². The van der Waals surface area contributed by atoms with Crippen molar-refractivity contribution in [2.24, 2.45) is 0 Å². The lowest BCUT2D eigenvalue weighted by atomic mass is 10.1. The summed E-state index contributed by atoms with van der Waals surface area (Å²) in [6.45, 7) is 3.66. The van der Waals surface area contributed by atoms with Crippen LogP contribution in [0.3, 0.4) is 0 Å². The molecule has 1 rings (SSSR count). The molecule has 1 aliphatic rings. The normalized spacial score (nSPS) is 27.0. The minimum atomic E-state index is 0.991. The monoisotopic (exact) mass is 128 g/mol. The predicted molar refractivity (Wildman–Crippen MR) is 39.3 cm³/mol. The van der Waals surface area contributed by atoms with Crippen LogP contribution in [0.5, 0.6) is 0 Å². The summed E-state index contributed by atoms with van der Waals surface area (Å²) in [7, 11) is 0. The molecule has 1 atom stereocenters. The summed E-state index contributed by atoms with van der Waals surface area (Å²) in [6, 6.07) is 0.991. The molecule has 9 heavy (non-hydrogen) atoms. The van der Waals surface area contributed by atoms with E-state index in [2.05, 4.69) is 12.2 Å². The maximum Gasteiger partial charge on any atom is 0.0861 e. The topological polar surface area (TPSA) is 16.6 Å². The van der Waals surface area contributed by atoms with Crippen LogP contribution >= 0.6 is 0 Å². The van der Waals surface area contributed by atoms with E-state index >= 15 is 0 Å². The lowest BCUT2D eigenvalue weighted by Gasteiger charge is -2.03. The number of hydrogen-bond acceptors (Lipinski definition) is 0. The summed E-state index contributed by atoms with van der Waals surface area (Å²) in [5, 5.41) is 2.51. The molecule has 1 heterocycles. The van der Waals surface area contributed by atoms with Crippen molar-refractivity contribution in [3.8, 4) is 0 Å². The van der Waals surface area contributed by atoms with Crippen molar-refractivity contribution in [1.82, 2.24) is 0 Å². The summed E-state index contributed by atoms with van der Waals surface area (Å²) in [5.74, 6) is 0. The molecule has 0 radical (unpaired) electrons. The SMILES string of the molecule is CCCC[C@@H]1CCC[NH2+]1. The fraction of sp³-hybridized carbons (Fsp3) is 1.00. The molecule has 0 saturated carbocycles. The first kappa shape index (κ1) is 7.07. The zero-order valence-corrected chi connectivity index (χ0v) is 6.40. The molecular formula is C8H18N+. The second-order valence-corrected chi connectivity index (χ2v) is 3.07. The quantitative estimate of drug-likeness (QED) is 0.581.